The molecule has 1 saturated heterocycles. The molecule has 7 nitrogen and oxygen atoms in total. The molecule has 4 rings (SSSR count). The molecule has 0 atom stereocenters. The van der Waals surface area contributed by atoms with Gasteiger partial charge in [-0.2, -0.15) is 0 Å². The molecule has 0 saturated carbocycles. The van der Waals surface area contributed by atoms with Gasteiger partial charge < -0.3 is 20.4 Å². The standard InChI is InChI=1S/C28H33Cl2N5O2S/c1-33(2)12-13-34-14-16-35(17-15-34)25-9-8-20(19-24(25)32-28(37)26-7-4-18-38-26)27(36)31-11-10-21-22(29)5-3-6-23(21)30/h3-9,18-19H,10-17H2,1-2H3,(H,31,36)(H,32,37). The summed E-state index contributed by atoms with van der Waals surface area (Å²) in [6.07, 6.45) is 0.516. The number of piperazine rings is 1. The number of amides is 2. The minimum absolute atomic E-state index is 0.184. The SMILES string of the molecule is CN(C)CCN1CCN(c2ccc(C(=O)NCCc3c(Cl)cccc3Cl)cc2NC(=O)c2cccs2)CC1. The highest BCUT2D eigenvalue weighted by molar-refractivity contribution is 7.12. The van der Waals surface area contributed by atoms with Gasteiger partial charge in [0.05, 0.1) is 16.3 Å². The molecule has 0 unspecified atom stereocenters. The van der Waals surface area contributed by atoms with Crippen molar-refractivity contribution in [3.63, 3.8) is 0 Å². The van der Waals surface area contributed by atoms with E-state index < -0.39 is 0 Å². The largest absolute Gasteiger partial charge is 0.367 e. The number of benzene rings is 2. The number of nitrogens with one attached hydrogen (secondary N) is 2. The van der Waals surface area contributed by atoms with Crippen molar-refractivity contribution in [2.45, 2.75) is 6.42 Å². The highest BCUT2D eigenvalue weighted by Crippen LogP contribution is 2.30. The molecule has 1 aliphatic rings. The Morgan fingerprint density at radius 3 is 2.37 bits per heavy atom. The number of anilines is 2. The van der Waals surface area contributed by atoms with Gasteiger partial charge in [-0.25, -0.2) is 0 Å². The van der Waals surface area contributed by atoms with Crippen molar-refractivity contribution in [1.82, 2.24) is 15.1 Å². The van der Waals surface area contributed by atoms with Crippen LogP contribution in [0.15, 0.2) is 53.9 Å². The number of carbonyl (C=O) groups is 2. The Morgan fingerprint density at radius 1 is 0.974 bits per heavy atom. The first kappa shape index (κ1) is 28.4. The van der Waals surface area contributed by atoms with Crippen molar-refractivity contribution >= 4 is 57.7 Å². The highest BCUT2D eigenvalue weighted by atomic mass is 35.5. The first-order chi connectivity index (χ1) is 18.3. The summed E-state index contributed by atoms with van der Waals surface area (Å²) in [4.78, 5) is 33.5. The summed E-state index contributed by atoms with van der Waals surface area (Å²) in [6.45, 7) is 6.02. The van der Waals surface area contributed by atoms with E-state index in [9.17, 15) is 9.59 Å². The molecule has 0 radical (unpaired) electrons. The summed E-state index contributed by atoms with van der Waals surface area (Å²) in [5.74, 6) is -0.406. The smallest absolute Gasteiger partial charge is 0.265 e. The molecule has 1 fully saturated rings. The van der Waals surface area contributed by atoms with Gasteiger partial charge in [-0.3, -0.25) is 14.5 Å². The van der Waals surface area contributed by atoms with E-state index in [-0.39, 0.29) is 11.8 Å². The van der Waals surface area contributed by atoms with Crippen molar-refractivity contribution in [3.8, 4) is 0 Å². The second kappa shape index (κ2) is 13.4. The summed E-state index contributed by atoms with van der Waals surface area (Å²) in [6, 6.07) is 14.5. The van der Waals surface area contributed by atoms with Crippen LogP contribution in [-0.2, 0) is 6.42 Å². The lowest BCUT2D eigenvalue weighted by Gasteiger charge is -2.37. The molecule has 38 heavy (non-hydrogen) atoms. The quantitative estimate of drug-likeness (QED) is 0.358. The molecule has 10 heteroatoms. The Bertz CT molecular complexity index is 1220. The van der Waals surface area contributed by atoms with Crippen LogP contribution in [0, 0.1) is 0 Å². The number of carbonyl (C=O) groups excluding carboxylic acids is 2. The van der Waals surface area contributed by atoms with Gasteiger partial charge in [0.2, 0.25) is 0 Å². The summed E-state index contributed by atoms with van der Waals surface area (Å²) < 4.78 is 0. The average Bonchev–Trinajstić information content (AvgIpc) is 3.45. The molecule has 3 aromatic rings. The number of hydrogen-bond donors (Lipinski definition) is 2. The lowest BCUT2D eigenvalue weighted by molar-refractivity contribution is 0.0952. The Labute approximate surface area is 238 Å². The minimum Gasteiger partial charge on any atom is -0.367 e. The van der Waals surface area contributed by atoms with Crippen molar-refractivity contribution in [2.75, 3.05) is 70.1 Å². The zero-order valence-electron chi connectivity index (χ0n) is 21.7. The Hall–Kier alpha value is -2.62. The maximum Gasteiger partial charge on any atom is 0.265 e. The fourth-order valence-corrected chi connectivity index (χ4v) is 5.58. The van der Waals surface area contributed by atoms with Gasteiger partial charge in [0.15, 0.2) is 0 Å². The molecular formula is C28H33Cl2N5O2S. The topological polar surface area (TPSA) is 67.9 Å². The first-order valence-corrected chi connectivity index (χ1v) is 14.3. The highest BCUT2D eigenvalue weighted by Gasteiger charge is 2.22. The van der Waals surface area contributed by atoms with Crippen LogP contribution in [0.5, 0.6) is 0 Å². The zero-order valence-corrected chi connectivity index (χ0v) is 24.0. The van der Waals surface area contributed by atoms with E-state index in [2.05, 4.69) is 39.4 Å². The lowest BCUT2D eigenvalue weighted by Crippen LogP contribution is -2.48. The molecule has 0 bridgehead atoms. The van der Waals surface area contributed by atoms with Crippen LogP contribution >= 0.6 is 34.5 Å². The number of hydrogen-bond acceptors (Lipinski definition) is 6. The maximum atomic E-state index is 13.0. The number of rotatable bonds is 10. The van der Waals surface area contributed by atoms with E-state index in [0.29, 0.717) is 39.1 Å². The Kier molecular flexibility index (Phi) is 10.0. The van der Waals surface area contributed by atoms with E-state index in [4.69, 9.17) is 23.2 Å². The zero-order chi connectivity index (χ0) is 27.1. The number of thiophene rings is 1. The second-order valence-corrected chi connectivity index (χ2v) is 11.3. The van der Waals surface area contributed by atoms with Crippen molar-refractivity contribution in [2.24, 2.45) is 0 Å². The molecule has 1 aromatic heterocycles. The van der Waals surface area contributed by atoms with Gasteiger partial charge in [0.25, 0.3) is 11.8 Å². The third-order valence-electron chi connectivity index (χ3n) is 6.55. The van der Waals surface area contributed by atoms with Crippen LogP contribution in [0.2, 0.25) is 10.0 Å². The third kappa shape index (κ3) is 7.48. The van der Waals surface area contributed by atoms with Gasteiger partial charge >= 0.3 is 0 Å². The molecule has 2 heterocycles. The maximum absolute atomic E-state index is 13.0. The number of likely N-dealkylation sites (N-methyl/N-ethyl adjacent to an activating group) is 1. The van der Waals surface area contributed by atoms with Gasteiger partial charge in [-0.1, -0.05) is 35.3 Å². The fourth-order valence-electron chi connectivity index (χ4n) is 4.37. The Balaban J connectivity index is 1.46. The van der Waals surface area contributed by atoms with Crippen LogP contribution in [-0.4, -0.2) is 81.5 Å². The predicted octanol–water partition coefficient (Wildman–Crippen LogP) is 4.96. The monoisotopic (exact) mass is 573 g/mol. The van der Waals surface area contributed by atoms with Crippen LogP contribution in [0.25, 0.3) is 0 Å². The van der Waals surface area contributed by atoms with Gasteiger partial charge in [0.1, 0.15) is 0 Å². The lowest BCUT2D eigenvalue weighted by atomic mass is 10.1. The van der Waals surface area contributed by atoms with E-state index in [1.54, 1.807) is 30.3 Å². The average molecular weight is 575 g/mol. The van der Waals surface area contributed by atoms with E-state index in [1.807, 2.05) is 23.6 Å². The van der Waals surface area contributed by atoms with Crippen LogP contribution in [0.4, 0.5) is 11.4 Å². The summed E-state index contributed by atoms with van der Waals surface area (Å²) in [7, 11) is 4.17. The minimum atomic E-state index is -0.222. The molecule has 2 amide bonds. The first-order valence-electron chi connectivity index (χ1n) is 12.6. The van der Waals surface area contributed by atoms with Gasteiger partial charge in [-0.05, 0) is 67.9 Å². The van der Waals surface area contributed by atoms with E-state index in [0.717, 1.165) is 50.5 Å². The molecule has 2 N–H and O–H groups in total. The molecule has 2 aromatic carbocycles. The van der Waals surface area contributed by atoms with Crippen LogP contribution in [0.1, 0.15) is 25.6 Å². The third-order valence-corrected chi connectivity index (χ3v) is 8.13. The van der Waals surface area contributed by atoms with Crippen LogP contribution in [0.3, 0.4) is 0 Å². The summed E-state index contributed by atoms with van der Waals surface area (Å²) >= 11 is 13.9. The predicted molar refractivity (Wildman–Crippen MR) is 158 cm³/mol. The van der Waals surface area contributed by atoms with Crippen molar-refractivity contribution in [1.29, 1.82) is 0 Å². The Morgan fingerprint density at radius 2 is 1.71 bits per heavy atom. The van der Waals surface area contributed by atoms with E-state index >= 15 is 0 Å². The number of halogens is 2. The molecule has 1 aliphatic heterocycles. The van der Waals surface area contributed by atoms with E-state index in [1.165, 1.54) is 11.3 Å². The molecule has 202 valence electrons. The summed E-state index contributed by atoms with van der Waals surface area (Å²) in [5, 5.41) is 9.03. The van der Waals surface area contributed by atoms with Crippen LogP contribution < -0.4 is 15.5 Å². The van der Waals surface area contributed by atoms with Crippen molar-refractivity contribution in [3.05, 3.63) is 80.0 Å². The second-order valence-electron chi connectivity index (χ2n) is 9.50. The van der Waals surface area contributed by atoms with Gasteiger partial charge in [0, 0.05) is 61.4 Å². The molecule has 0 spiro atoms. The normalized spacial score (nSPS) is 14.1. The van der Waals surface area contributed by atoms with Crippen molar-refractivity contribution < 1.29 is 9.59 Å². The van der Waals surface area contributed by atoms with Gasteiger partial charge in [-0.15, -0.1) is 11.3 Å². The molecule has 0 aliphatic carbocycles. The summed E-state index contributed by atoms with van der Waals surface area (Å²) in [5.41, 5.74) is 2.83. The number of nitrogens with zero attached hydrogens (tertiary/aromatic N) is 3. The molecular weight excluding hydrogens is 541 g/mol. The fraction of sp³-hybridized carbons (Fsp3) is 0.357.